The molecule has 0 bridgehead atoms. The van der Waals surface area contributed by atoms with Crippen LogP contribution in [0.3, 0.4) is 0 Å². The topological polar surface area (TPSA) is 98.3 Å². The number of aromatic nitrogens is 3. The Kier molecular flexibility index (Phi) is 4.30. The molecule has 28 heavy (non-hydrogen) atoms. The van der Waals surface area contributed by atoms with Crippen molar-refractivity contribution in [2.24, 2.45) is 0 Å². The Bertz CT molecular complexity index is 1250. The summed E-state index contributed by atoms with van der Waals surface area (Å²) in [6, 6.07) is 18.8. The van der Waals surface area contributed by atoms with Crippen LogP contribution in [0.1, 0.15) is 11.1 Å². The fraction of sp³-hybridized carbons (Fsp3) is 0.0952. The maximum Gasteiger partial charge on any atom is 0.279 e. The summed E-state index contributed by atoms with van der Waals surface area (Å²) in [5.74, 6) is 1.30. The monoisotopic (exact) mass is 371 g/mol. The lowest BCUT2D eigenvalue weighted by Gasteiger charge is -2.08. The van der Waals surface area contributed by atoms with E-state index in [9.17, 15) is 10.1 Å². The molecule has 0 aliphatic rings. The van der Waals surface area contributed by atoms with Crippen LogP contribution in [-0.2, 0) is 6.54 Å². The summed E-state index contributed by atoms with van der Waals surface area (Å²) in [6.45, 7) is 0.502. The fourth-order valence-corrected chi connectivity index (χ4v) is 3.17. The molecule has 0 spiro atoms. The zero-order chi connectivity index (χ0) is 19.7. The van der Waals surface area contributed by atoms with Gasteiger partial charge in [0.15, 0.2) is 0 Å². The van der Waals surface area contributed by atoms with Crippen molar-refractivity contribution in [2.75, 3.05) is 12.8 Å². The van der Waals surface area contributed by atoms with Gasteiger partial charge in [0, 0.05) is 11.8 Å². The third-order valence-electron chi connectivity index (χ3n) is 4.54. The molecule has 2 N–H and O–H groups in total. The number of rotatable bonds is 4. The van der Waals surface area contributed by atoms with E-state index in [1.54, 1.807) is 42.1 Å². The van der Waals surface area contributed by atoms with Gasteiger partial charge in [0.1, 0.15) is 23.2 Å². The molecule has 0 amide bonds. The Labute approximate surface area is 160 Å². The Morgan fingerprint density at radius 3 is 2.50 bits per heavy atom. The maximum absolute atomic E-state index is 12.9. The van der Waals surface area contributed by atoms with Crippen LogP contribution in [0.25, 0.3) is 17.0 Å². The molecule has 2 aromatic heterocycles. The van der Waals surface area contributed by atoms with E-state index in [0.717, 1.165) is 5.56 Å². The van der Waals surface area contributed by atoms with Crippen LogP contribution < -0.4 is 16.0 Å². The standard InChI is InChI=1S/C21H17N5O2/c1-28-16-9-7-15(8-10-16)19-17(11-22)20(27)26-18(23)13-25(21(26)24-19)12-14-5-3-2-4-6-14/h2-10,13H,12,23H2,1H3. The molecule has 4 rings (SSSR count). The van der Waals surface area contributed by atoms with Crippen molar-refractivity contribution in [3.8, 4) is 23.1 Å². The van der Waals surface area contributed by atoms with Gasteiger partial charge in [-0.3, -0.25) is 4.79 Å². The van der Waals surface area contributed by atoms with Crippen LogP contribution in [-0.4, -0.2) is 21.1 Å². The van der Waals surface area contributed by atoms with Crippen LogP contribution in [0.5, 0.6) is 5.75 Å². The Morgan fingerprint density at radius 2 is 1.86 bits per heavy atom. The summed E-state index contributed by atoms with van der Waals surface area (Å²) in [6.07, 6.45) is 1.66. The normalized spacial score (nSPS) is 10.7. The second-order valence-electron chi connectivity index (χ2n) is 6.28. The number of anilines is 1. The van der Waals surface area contributed by atoms with E-state index >= 15 is 0 Å². The smallest absolute Gasteiger partial charge is 0.279 e. The maximum atomic E-state index is 12.9. The number of hydrogen-bond donors (Lipinski definition) is 1. The lowest BCUT2D eigenvalue weighted by atomic mass is 10.1. The molecule has 7 nitrogen and oxygen atoms in total. The van der Waals surface area contributed by atoms with E-state index in [0.29, 0.717) is 29.3 Å². The Hall–Kier alpha value is -4.05. The molecule has 138 valence electrons. The lowest BCUT2D eigenvalue weighted by molar-refractivity contribution is 0.415. The molecule has 0 atom stereocenters. The van der Waals surface area contributed by atoms with Crippen molar-refractivity contribution in [1.82, 2.24) is 14.0 Å². The van der Waals surface area contributed by atoms with Gasteiger partial charge < -0.3 is 15.0 Å². The largest absolute Gasteiger partial charge is 0.497 e. The molecule has 4 aromatic rings. The zero-order valence-corrected chi connectivity index (χ0v) is 15.2. The quantitative estimate of drug-likeness (QED) is 0.595. The highest BCUT2D eigenvalue weighted by Crippen LogP contribution is 2.24. The number of nitriles is 1. The number of hydrogen-bond acceptors (Lipinski definition) is 5. The molecule has 0 aliphatic carbocycles. The highest BCUT2D eigenvalue weighted by molar-refractivity contribution is 5.69. The van der Waals surface area contributed by atoms with Gasteiger partial charge in [0.25, 0.3) is 5.56 Å². The number of imidazole rings is 1. The van der Waals surface area contributed by atoms with Crippen molar-refractivity contribution < 1.29 is 4.74 Å². The van der Waals surface area contributed by atoms with E-state index in [4.69, 9.17) is 10.5 Å². The number of ether oxygens (including phenoxy) is 1. The minimum atomic E-state index is -0.484. The first-order valence-electron chi connectivity index (χ1n) is 8.62. The van der Waals surface area contributed by atoms with E-state index < -0.39 is 5.56 Å². The predicted molar refractivity (Wildman–Crippen MR) is 106 cm³/mol. The fourth-order valence-electron chi connectivity index (χ4n) is 3.17. The number of methoxy groups -OCH3 is 1. The second-order valence-corrected chi connectivity index (χ2v) is 6.28. The average molecular weight is 371 g/mol. The van der Waals surface area contributed by atoms with E-state index in [1.165, 1.54) is 4.40 Å². The van der Waals surface area contributed by atoms with Crippen LogP contribution in [0.4, 0.5) is 5.82 Å². The number of fused-ring (bicyclic) bond motifs is 1. The van der Waals surface area contributed by atoms with E-state index in [1.807, 2.05) is 36.4 Å². The van der Waals surface area contributed by atoms with Crippen molar-refractivity contribution in [3.63, 3.8) is 0 Å². The molecule has 0 saturated heterocycles. The summed E-state index contributed by atoms with van der Waals surface area (Å²) in [5.41, 5.74) is 7.55. The summed E-state index contributed by atoms with van der Waals surface area (Å²) in [4.78, 5) is 17.6. The summed E-state index contributed by atoms with van der Waals surface area (Å²) in [5, 5.41) is 9.58. The second kappa shape index (κ2) is 6.93. The SMILES string of the molecule is COc1ccc(-c2nc3n(Cc4ccccc4)cc(N)n3c(=O)c2C#N)cc1. The summed E-state index contributed by atoms with van der Waals surface area (Å²) >= 11 is 0. The molecule has 0 aliphatic heterocycles. The number of nitrogen functional groups attached to an aromatic ring is 1. The summed E-state index contributed by atoms with van der Waals surface area (Å²) in [7, 11) is 1.58. The van der Waals surface area contributed by atoms with Gasteiger partial charge in [0.05, 0.1) is 19.3 Å². The highest BCUT2D eigenvalue weighted by atomic mass is 16.5. The van der Waals surface area contributed by atoms with Gasteiger partial charge in [-0.2, -0.15) is 5.26 Å². The Balaban J connectivity index is 1.94. The first kappa shape index (κ1) is 17.4. The highest BCUT2D eigenvalue weighted by Gasteiger charge is 2.19. The first-order chi connectivity index (χ1) is 13.6. The molecule has 7 heteroatoms. The minimum absolute atomic E-state index is 0.0492. The average Bonchev–Trinajstić information content (AvgIpc) is 3.04. The third kappa shape index (κ3) is 2.87. The number of benzene rings is 2. The lowest BCUT2D eigenvalue weighted by Crippen LogP contribution is -2.21. The van der Waals surface area contributed by atoms with E-state index in [-0.39, 0.29) is 11.4 Å². The van der Waals surface area contributed by atoms with Crippen LogP contribution in [0.15, 0.2) is 65.6 Å². The molecule has 0 saturated carbocycles. The number of nitrogens with zero attached hydrogens (tertiary/aromatic N) is 4. The van der Waals surface area contributed by atoms with Crippen molar-refractivity contribution in [1.29, 1.82) is 5.26 Å². The molecule has 2 aromatic carbocycles. The zero-order valence-electron chi connectivity index (χ0n) is 15.2. The van der Waals surface area contributed by atoms with Gasteiger partial charge in [-0.1, -0.05) is 30.3 Å². The molecule has 2 heterocycles. The van der Waals surface area contributed by atoms with Crippen molar-refractivity contribution in [3.05, 3.63) is 82.3 Å². The van der Waals surface area contributed by atoms with Gasteiger partial charge >= 0.3 is 0 Å². The molecule has 0 unspecified atom stereocenters. The third-order valence-corrected chi connectivity index (χ3v) is 4.54. The van der Waals surface area contributed by atoms with Crippen LogP contribution in [0.2, 0.25) is 0 Å². The Morgan fingerprint density at radius 1 is 1.14 bits per heavy atom. The molecule has 0 radical (unpaired) electrons. The van der Waals surface area contributed by atoms with E-state index in [2.05, 4.69) is 4.98 Å². The van der Waals surface area contributed by atoms with Crippen LogP contribution in [0, 0.1) is 11.3 Å². The van der Waals surface area contributed by atoms with Crippen molar-refractivity contribution in [2.45, 2.75) is 6.54 Å². The first-order valence-corrected chi connectivity index (χ1v) is 8.62. The van der Waals surface area contributed by atoms with Gasteiger partial charge in [-0.15, -0.1) is 0 Å². The van der Waals surface area contributed by atoms with Gasteiger partial charge in [-0.05, 0) is 29.8 Å². The van der Waals surface area contributed by atoms with Gasteiger partial charge in [-0.25, -0.2) is 9.38 Å². The van der Waals surface area contributed by atoms with Crippen molar-refractivity contribution >= 4 is 11.6 Å². The molecule has 0 fully saturated rings. The molecular weight excluding hydrogens is 354 g/mol. The molecular formula is C21H17N5O2. The van der Waals surface area contributed by atoms with Gasteiger partial charge in [0.2, 0.25) is 5.78 Å². The number of nitrogens with two attached hydrogens (primary N) is 1. The minimum Gasteiger partial charge on any atom is -0.497 e. The summed E-state index contributed by atoms with van der Waals surface area (Å²) < 4.78 is 8.25. The predicted octanol–water partition coefficient (Wildman–Crippen LogP) is 2.67. The van der Waals surface area contributed by atoms with Crippen LogP contribution >= 0.6 is 0 Å².